The molecule has 0 aliphatic rings. The standard InChI is InChI=1S/C17H29BrN2O2S/c1-11(2)17(7,10-19-15(21)22-16(4,5)6)20-9-13-8-14(18)12(3)23-13/h8,11,20H,9-10H2,1-7H3,(H,19,21). The van der Waals surface area contributed by atoms with Crippen molar-refractivity contribution in [3.05, 3.63) is 20.3 Å². The molecule has 6 heteroatoms. The van der Waals surface area contributed by atoms with Crippen LogP contribution in [0, 0.1) is 12.8 Å². The van der Waals surface area contributed by atoms with Crippen LogP contribution in [0.2, 0.25) is 0 Å². The molecule has 0 saturated carbocycles. The van der Waals surface area contributed by atoms with Gasteiger partial charge in [0.05, 0.1) is 0 Å². The zero-order valence-electron chi connectivity index (χ0n) is 15.2. The molecular weight excluding hydrogens is 376 g/mol. The third-order valence-corrected chi connectivity index (χ3v) is 5.98. The first-order valence-corrected chi connectivity index (χ1v) is 9.50. The highest BCUT2D eigenvalue weighted by molar-refractivity contribution is 9.10. The molecular formula is C17H29BrN2O2S. The first kappa shape index (κ1) is 20.5. The molecule has 1 aromatic heterocycles. The molecule has 23 heavy (non-hydrogen) atoms. The number of hydrogen-bond acceptors (Lipinski definition) is 4. The van der Waals surface area contributed by atoms with Gasteiger partial charge in [0.2, 0.25) is 0 Å². The number of ether oxygens (including phenoxy) is 1. The third kappa shape index (κ3) is 6.81. The first-order chi connectivity index (χ1) is 10.4. The number of hydrogen-bond donors (Lipinski definition) is 2. The Morgan fingerprint density at radius 1 is 1.35 bits per heavy atom. The number of halogens is 1. The van der Waals surface area contributed by atoms with Crippen molar-refractivity contribution in [2.24, 2.45) is 5.92 Å². The highest BCUT2D eigenvalue weighted by atomic mass is 79.9. The molecule has 0 spiro atoms. The average Bonchev–Trinajstić information content (AvgIpc) is 2.71. The summed E-state index contributed by atoms with van der Waals surface area (Å²) in [5.74, 6) is 0.363. The number of aryl methyl sites for hydroxylation is 1. The largest absolute Gasteiger partial charge is 0.444 e. The van der Waals surface area contributed by atoms with Crippen molar-refractivity contribution in [1.29, 1.82) is 0 Å². The molecule has 1 aromatic rings. The summed E-state index contributed by atoms with van der Waals surface area (Å²) in [7, 11) is 0. The summed E-state index contributed by atoms with van der Waals surface area (Å²) >= 11 is 5.33. The smallest absolute Gasteiger partial charge is 0.407 e. The molecule has 0 bridgehead atoms. The maximum Gasteiger partial charge on any atom is 0.407 e. The van der Waals surface area contributed by atoms with Crippen molar-refractivity contribution in [1.82, 2.24) is 10.6 Å². The lowest BCUT2D eigenvalue weighted by molar-refractivity contribution is 0.0503. The summed E-state index contributed by atoms with van der Waals surface area (Å²) < 4.78 is 6.46. The number of thiophene rings is 1. The van der Waals surface area contributed by atoms with Crippen molar-refractivity contribution in [2.45, 2.75) is 66.2 Å². The maximum atomic E-state index is 11.9. The summed E-state index contributed by atoms with van der Waals surface area (Å²) in [6.45, 7) is 15.4. The van der Waals surface area contributed by atoms with E-state index in [1.807, 2.05) is 20.8 Å². The number of carbonyl (C=O) groups is 1. The van der Waals surface area contributed by atoms with E-state index in [1.165, 1.54) is 9.75 Å². The monoisotopic (exact) mass is 404 g/mol. The summed E-state index contributed by atoms with van der Waals surface area (Å²) in [5, 5.41) is 6.47. The number of amides is 1. The van der Waals surface area contributed by atoms with E-state index >= 15 is 0 Å². The zero-order valence-corrected chi connectivity index (χ0v) is 17.6. The van der Waals surface area contributed by atoms with E-state index in [9.17, 15) is 4.79 Å². The van der Waals surface area contributed by atoms with Crippen molar-refractivity contribution in [2.75, 3.05) is 6.54 Å². The van der Waals surface area contributed by atoms with Crippen molar-refractivity contribution in [3.8, 4) is 0 Å². The SMILES string of the molecule is Cc1sc(CNC(C)(CNC(=O)OC(C)(C)C)C(C)C)cc1Br. The Balaban J connectivity index is 2.62. The second-order valence-corrected chi connectivity index (χ2v) is 9.59. The fourth-order valence-corrected chi connectivity index (χ4v) is 3.48. The van der Waals surface area contributed by atoms with Crippen molar-refractivity contribution < 1.29 is 9.53 Å². The molecule has 1 unspecified atom stereocenters. The van der Waals surface area contributed by atoms with E-state index in [2.05, 4.69) is 60.3 Å². The Bertz CT molecular complexity index is 518. The molecule has 0 saturated heterocycles. The molecule has 2 N–H and O–H groups in total. The Kier molecular flexibility index (Phi) is 7.11. The predicted molar refractivity (Wildman–Crippen MR) is 101 cm³/mol. The molecule has 1 amide bonds. The van der Waals surface area contributed by atoms with Crippen LogP contribution in [0.1, 0.15) is 51.3 Å². The quantitative estimate of drug-likeness (QED) is 0.712. The van der Waals surface area contributed by atoms with Crippen LogP contribution in [0.15, 0.2) is 10.5 Å². The Morgan fingerprint density at radius 2 is 1.96 bits per heavy atom. The second kappa shape index (κ2) is 7.99. The van der Waals surface area contributed by atoms with Gasteiger partial charge in [0.25, 0.3) is 0 Å². The van der Waals surface area contributed by atoms with Gasteiger partial charge in [-0.25, -0.2) is 4.79 Å². The topological polar surface area (TPSA) is 50.4 Å². The van der Waals surface area contributed by atoms with Crippen LogP contribution < -0.4 is 10.6 Å². The van der Waals surface area contributed by atoms with Crippen molar-refractivity contribution in [3.63, 3.8) is 0 Å². The van der Waals surface area contributed by atoms with Crippen LogP contribution in [-0.4, -0.2) is 23.8 Å². The van der Waals surface area contributed by atoms with Gasteiger partial charge in [-0.2, -0.15) is 0 Å². The fourth-order valence-electron chi connectivity index (χ4n) is 1.93. The molecule has 0 radical (unpaired) electrons. The summed E-state index contributed by atoms with van der Waals surface area (Å²) in [6, 6.07) is 2.15. The molecule has 0 aliphatic carbocycles. The van der Waals surface area contributed by atoms with Gasteiger partial charge < -0.3 is 15.4 Å². The Labute approximate surface area is 152 Å². The third-order valence-electron chi connectivity index (χ3n) is 3.85. The minimum absolute atomic E-state index is 0.207. The van der Waals surface area contributed by atoms with E-state index in [1.54, 1.807) is 11.3 Å². The highest BCUT2D eigenvalue weighted by Crippen LogP contribution is 2.27. The minimum Gasteiger partial charge on any atom is -0.444 e. The average molecular weight is 405 g/mol. The van der Waals surface area contributed by atoms with Gasteiger partial charge in [-0.15, -0.1) is 11.3 Å². The van der Waals surface area contributed by atoms with E-state index in [4.69, 9.17) is 4.74 Å². The molecule has 1 atom stereocenters. The summed E-state index contributed by atoms with van der Waals surface area (Å²) in [4.78, 5) is 14.4. The fraction of sp³-hybridized carbons (Fsp3) is 0.706. The van der Waals surface area contributed by atoms with Crippen LogP contribution >= 0.6 is 27.3 Å². The summed E-state index contributed by atoms with van der Waals surface area (Å²) in [5.41, 5.74) is -0.687. The lowest BCUT2D eigenvalue weighted by Gasteiger charge is -2.35. The molecule has 1 heterocycles. The van der Waals surface area contributed by atoms with E-state index in [0.717, 1.165) is 11.0 Å². The minimum atomic E-state index is -0.480. The van der Waals surface area contributed by atoms with Crippen LogP contribution in [-0.2, 0) is 11.3 Å². The molecule has 4 nitrogen and oxygen atoms in total. The van der Waals surface area contributed by atoms with Crippen LogP contribution in [0.25, 0.3) is 0 Å². The Hall–Kier alpha value is -0.590. The molecule has 132 valence electrons. The van der Waals surface area contributed by atoms with E-state index in [0.29, 0.717) is 12.5 Å². The normalized spacial score (nSPS) is 14.7. The molecule has 0 aromatic carbocycles. The van der Waals surface area contributed by atoms with E-state index < -0.39 is 5.60 Å². The van der Waals surface area contributed by atoms with E-state index in [-0.39, 0.29) is 11.6 Å². The van der Waals surface area contributed by atoms with Gasteiger partial charge in [0.1, 0.15) is 5.60 Å². The summed E-state index contributed by atoms with van der Waals surface area (Å²) in [6.07, 6.45) is -0.374. The number of carbonyl (C=O) groups excluding carboxylic acids is 1. The lowest BCUT2D eigenvalue weighted by Crippen LogP contribution is -2.54. The number of rotatable bonds is 6. The lowest BCUT2D eigenvalue weighted by atomic mass is 9.88. The van der Waals surface area contributed by atoms with Gasteiger partial charge in [-0.3, -0.25) is 0 Å². The van der Waals surface area contributed by atoms with Crippen LogP contribution in [0.4, 0.5) is 4.79 Å². The van der Waals surface area contributed by atoms with Crippen LogP contribution in [0.5, 0.6) is 0 Å². The first-order valence-electron chi connectivity index (χ1n) is 7.89. The van der Waals surface area contributed by atoms with Crippen LogP contribution in [0.3, 0.4) is 0 Å². The Morgan fingerprint density at radius 3 is 2.39 bits per heavy atom. The molecule has 1 rings (SSSR count). The number of nitrogens with one attached hydrogen (secondary N) is 2. The van der Waals surface area contributed by atoms with Gasteiger partial charge >= 0.3 is 6.09 Å². The number of alkyl carbamates (subject to hydrolysis) is 1. The van der Waals surface area contributed by atoms with Gasteiger partial charge in [0, 0.05) is 32.9 Å². The second-order valence-electron chi connectivity index (χ2n) is 7.40. The molecule has 0 fully saturated rings. The van der Waals surface area contributed by atoms with Gasteiger partial charge in [-0.1, -0.05) is 13.8 Å². The van der Waals surface area contributed by atoms with Gasteiger partial charge in [-0.05, 0) is 62.5 Å². The molecule has 0 aliphatic heterocycles. The van der Waals surface area contributed by atoms with Crippen molar-refractivity contribution >= 4 is 33.4 Å². The predicted octanol–water partition coefficient (Wildman–Crippen LogP) is 4.85. The van der Waals surface area contributed by atoms with Gasteiger partial charge in [0.15, 0.2) is 0 Å². The zero-order chi connectivity index (χ0) is 17.8. The maximum absolute atomic E-state index is 11.9. The highest BCUT2D eigenvalue weighted by Gasteiger charge is 2.29.